The number of hydrogen-bond donors (Lipinski definition) is 0. The van der Waals surface area contributed by atoms with Gasteiger partial charge in [0.15, 0.2) is 6.10 Å². The molecule has 2 aliphatic heterocycles. The maximum atomic E-state index is 13.1. The van der Waals surface area contributed by atoms with Gasteiger partial charge in [-0.05, 0) is 50.1 Å². The summed E-state index contributed by atoms with van der Waals surface area (Å²) in [4.78, 5) is 38.7. The fraction of sp³-hybridized carbons (Fsp3) is 0.360. The molecule has 0 saturated carbocycles. The number of ether oxygens (including phenoxy) is 1. The van der Waals surface area contributed by atoms with Gasteiger partial charge in [-0.3, -0.25) is 19.5 Å². The minimum atomic E-state index is -0.629. The highest BCUT2D eigenvalue weighted by molar-refractivity contribution is 7.13. The van der Waals surface area contributed by atoms with Crippen molar-refractivity contribution < 1.29 is 14.3 Å². The Hall–Kier alpha value is -3.26. The van der Waals surface area contributed by atoms with E-state index in [2.05, 4.69) is 4.98 Å². The van der Waals surface area contributed by atoms with Crippen molar-refractivity contribution in [2.75, 3.05) is 24.5 Å². The highest BCUT2D eigenvalue weighted by atomic mass is 32.1. The van der Waals surface area contributed by atoms with Crippen molar-refractivity contribution in [3.05, 3.63) is 48.0 Å². The van der Waals surface area contributed by atoms with Gasteiger partial charge in [0.05, 0.1) is 17.1 Å². The molecule has 1 aromatic carbocycles. The molecule has 0 spiro atoms. The number of aromatic nitrogens is 2. The number of carbonyl (C=O) groups is 2. The molecular weight excluding hydrogens is 436 g/mol. The Labute approximate surface area is 197 Å². The van der Waals surface area contributed by atoms with Gasteiger partial charge in [0.1, 0.15) is 17.3 Å². The van der Waals surface area contributed by atoms with E-state index in [1.807, 2.05) is 46.7 Å². The summed E-state index contributed by atoms with van der Waals surface area (Å²) in [6.45, 7) is 3.27. The van der Waals surface area contributed by atoms with Crippen molar-refractivity contribution in [1.82, 2.24) is 14.9 Å². The Bertz CT molecular complexity index is 1160. The average Bonchev–Trinajstić information content (AvgIpc) is 3.17. The molecule has 5 rings (SSSR count). The Balaban J connectivity index is 1.43. The van der Waals surface area contributed by atoms with Crippen molar-refractivity contribution in [1.29, 1.82) is 0 Å². The van der Waals surface area contributed by atoms with E-state index in [1.165, 1.54) is 11.3 Å². The van der Waals surface area contributed by atoms with Crippen LogP contribution < -0.4 is 9.64 Å². The van der Waals surface area contributed by atoms with Crippen LogP contribution in [-0.2, 0) is 9.59 Å². The van der Waals surface area contributed by atoms with E-state index in [-0.39, 0.29) is 18.4 Å². The topological polar surface area (TPSA) is 75.6 Å². The van der Waals surface area contributed by atoms with E-state index in [4.69, 9.17) is 9.72 Å². The number of benzene rings is 1. The molecule has 8 heteroatoms. The van der Waals surface area contributed by atoms with Crippen LogP contribution in [0.5, 0.6) is 5.75 Å². The molecule has 2 amide bonds. The standard InChI is InChI=1S/C25H26N4O3S/c1-17-25(31)29(15-23(30)28-12-6-2-3-7-13-28)21-14-18(9-10-22(21)32-17)20-16-33-24(27-20)19-8-4-5-11-26-19/h4-5,8-11,14,16-17H,2-3,6-7,12-13,15H2,1H3. The Kier molecular flexibility index (Phi) is 6.09. The summed E-state index contributed by atoms with van der Waals surface area (Å²) in [5.74, 6) is 0.395. The Morgan fingerprint density at radius 1 is 1.12 bits per heavy atom. The number of fused-ring (bicyclic) bond motifs is 1. The summed E-state index contributed by atoms with van der Waals surface area (Å²) in [7, 11) is 0. The second kappa shape index (κ2) is 9.31. The maximum Gasteiger partial charge on any atom is 0.268 e. The quantitative estimate of drug-likeness (QED) is 0.575. The third kappa shape index (κ3) is 4.48. The van der Waals surface area contributed by atoms with Gasteiger partial charge in [0.25, 0.3) is 5.91 Å². The number of likely N-dealkylation sites (tertiary alicyclic amines) is 1. The Morgan fingerprint density at radius 3 is 2.70 bits per heavy atom. The van der Waals surface area contributed by atoms with Crippen LogP contribution in [0.4, 0.5) is 5.69 Å². The lowest BCUT2D eigenvalue weighted by Crippen LogP contribution is -2.49. The van der Waals surface area contributed by atoms with Crippen LogP contribution in [0.15, 0.2) is 48.0 Å². The van der Waals surface area contributed by atoms with Gasteiger partial charge in [0, 0.05) is 30.2 Å². The SMILES string of the molecule is CC1Oc2ccc(-c3csc(-c4ccccn4)n3)cc2N(CC(=O)N2CCCCCC2)C1=O. The van der Waals surface area contributed by atoms with Gasteiger partial charge in [0.2, 0.25) is 5.91 Å². The molecule has 1 unspecified atom stereocenters. The first-order chi connectivity index (χ1) is 16.1. The molecule has 7 nitrogen and oxygen atoms in total. The van der Waals surface area contributed by atoms with Crippen molar-refractivity contribution in [2.24, 2.45) is 0 Å². The fourth-order valence-corrected chi connectivity index (χ4v) is 5.10. The molecule has 1 fully saturated rings. The maximum absolute atomic E-state index is 13.1. The molecule has 3 aromatic rings. The van der Waals surface area contributed by atoms with Crippen molar-refractivity contribution in [2.45, 2.75) is 38.7 Å². The van der Waals surface area contributed by atoms with Gasteiger partial charge in [-0.15, -0.1) is 11.3 Å². The first kappa shape index (κ1) is 21.6. The van der Waals surface area contributed by atoms with Crippen LogP contribution in [0.1, 0.15) is 32.6 Å². The summed E-state index contributed by atoms with van der Waals surface area (Å²) < 4.78 is 5.84. The average molecular weight is 463 g/mol. The molecule has 2 aliphatic rings. The zero-order valence-corrected chi connectivity index (χ0v) is 19.4. The fourth-order valence-electron chi connectivity index (χ4n) is 4.30. The number of thiazole rings is 1. The van der Waals surface area contributed by atoms with Crippen molar-refractivity contribution in [3.63, 3.8) is 0 Å². The van der Waals surface area contributed by atoms with E-state index in [9.17, 15) is 9.59 Å². The smallest absolute Gasteiger partial charge is 0.268 e. The van der Waals surface area contributed by atoms with Crippen LogP contribution in [0.25, 0.3) is 22.0 Å². The Morgan fingerprint density at radius 2 is 1.94 bits per heavy atom. The van der Waals surface area contributed by atoms with Gasteiger partial charge < -0.3 is 9.64 Å². The van der Waals surface area contributed by atoms with Gasteiger partial charge in [-0.2, -0.15) is 0 Å². The molecule has 1 atom stereocenters. The van der Waals surface area contributed by atoms with E-state index in [0.29, 0.717) is 11.4 Å². The van der Waals surface area contributed by atoms with Gasteiger partial charge >= 0.3 is 0 Å². The van der Waals surface area contributed by atoms with Crippen molar-refractivity contribution >= 4 is 28.8 Å². The van der Waals surface area contributed by atoms with Gasteiger partial charge in [-0.25, -0.2) is 4.98 Å². The monoisotopic (exact) mass is 462 g/mol. The second-order valence-electron chi connectivity index (χ2n) is 8.41. The number of pyridine rings is 1. The number of anilines is 1. The van der Waals surface area contributed by atoms with Crippen LogP contribution in [0, 0.1) is 0 Å². The van der Waals surface area contributed by atoms with E-state index in [0.717, 1.165) is 60.7 Å². The normalized spacial score (nSPS) is 18.5. The largest absolute Gasteiger partial charge is 0.479 e. The summed E-state index contributed by atoms with van der Waals surface area (Å²) in [6.07, 6.45) is 5.45. The molecular formula is C25H26N4O3S. The molecule has 0 radical (unpaired) electrons. The zero-order chi connectivity index (χ0) is 22.8. The minimum absolute atomic E-state index is 0.0122. The van der Waals surface area contributed by atoms with Crippen LogP contribution >= 0.6 is 11.3 Å². The zero-order valence-electron chi connectivity index (χ0n) is 18.6. The van der Waals surface area contributed by atoms with Crippen LogP contribution in [-0.4, -0.2) is 52.4 Å². The molecule has 4 heterocycles. The molecule has 170 valence electrons. The molecule has 0 N–H and O–H groups in total. The second-order valence-corrected chi connectivity index (χ2v) is 9.27. The third-order valence-electron chi connectivity index (χ3n) is 6.10. The minimum Gasteiger partial charge on any atom is -0.479 e. The van der Waals surface area contributed by atoms with Crippen LogP contribution in [0.2, 0.25) is 0 Å². The third-order valence-corrected chi connectivity index (χ3v) is 6.97. The molecule has 0 aliphatic carbocycles. The van der Waals surface area contributed by atoms with E-state index >= 15 is 0 Å². The summed E-state index contributed by atoms with van der Waals surface area (Å²) >= 11 is 1.52. The van der Waals surface area contributed by atoms with Crippen LogP contribution in [0.3, 0.4) is 0 Å². The summed E-state index contributed by atoms with van der Waals surface area (Å²) in [5.41, 5.74) is 3.11. The van der Waals surface area contributed by atoms with E-state index < -0.39 is 6.10 Å². The predicted molar refractivity (Wildman–Crippen MR) is 128 cm³/mol. The summed E-state index contributed by atoms with van der Waals surface area (Å²) in [6, 6.07) is 11.4. The first-order valence-corrected chi connectivity index (χ1v) is 12.3. The number of amides is 2. The molecule has 2 aromatic heterocycles. The number of hydrogen-bond acceptors (Lipinski definition) is 6. The van der Waals surface area contributed by atoms with E-state index in [1.54, 1.807) is 18.0 Å². The summed E-state index contributed by atoms with van der Waals surface area (Å²) in [5, 5.41) is 2.81. The number of nitrogens with zero attached hydrogens (tertiary/aromatic N) is 4. The first-order valence-electron chi connectivity index (χ1n) is 11.4. The highest BCUT2D eigenvalue weighted by Gasteiger charge is 2.34. The molecule has 33 heavy (non-hydrogen) atoms. The molecule has 1 saturated heterocycles. The lowest BCUT2D eigenvalue weighted by atomic mass is 10.1. The lowest BCUT2D eigenvalue weighted by molar-refractivity contribution is -0.133. The molecule has 0 bridgehead atoms. The lowest BCUT2D eigenvalue weighted by Gasteiger charge is -2.34. The number of rotatable bonds is 4. The highest BCUT2D eigenvalue weighted by Crippen LogP contribution is 2.38. The number of carbonyl (C=O) groups excluding carboxylic acids is 2. The van der Waals surface area contributed by atoms with Gasteiger partial charge in [-0.1, -0.05) is 18.9 Å². The predicted octanol–water partition coefficient (Wildman–Crippen LogP) is 4.39. The van der Waals surface area contributed by atoms with Crippen molar-refractivity contribution in [3.8, 4) is 27.7 Å².